The predicted molar refractivity (Wildman–Crippen MR) is 106 cm³/mol. The molecule has 0 bridgehead atoms. The van der Waals surface area contributed by atoms with Crippen LogP contribution >= 0.6 is 0 Å². The molecule has 2 aromatic heterocycles. The van der Waals surface area contributed by atoms with Crippen LogP contribution in [0.3, 0.4) is 0 Å². The molecule has 1 aliphatic carbocycles. The number of nitriles is 1. The number of piperidine rings is 1. The molecule has 0 unspecified atom stereocenters. The van der Waals surface area contributed by atoms with Gasteiger partial charge in [-0.2, -0.15) is 10.4 Å². The van der Waals surface area contributed by atoms with Gasteiger partial charge >= 0.3 is 0 Å². The molecular formula is C21H20FN7O. The first-order valence-electron chi connectivity index (χ1n) is 10.1. The molecule has 0 aromatic carbocycles. The summed E-state index contributed by atoms with van der Waals surface area (Å²) in [5, 5.41) is 14.9. The summed E-state index contributed by atoms with van der Waals surface area (Å²) in [6.07, 6.45) is 9.80. The Morgan fingerprint density at radius 1 is 1.27 bits per heavy atom. The van der Waals surface area contributed by atoms with Crippen molar-refractivity contribution in [3.8, 4) is 6.07 Å². The smallest absolute Gasteiger partial charge is 0.246 e. The average Bonchev–Trinajstić information content (AvgIpc) is 3.34. The Hall–Kier alpha value is -3.41. The van der Waals surface area contributed by atoms with Gasteiger partial charge in [0.15, 0.2) is 0 Å². The monoisotopic (exact) mass is 405 g/mol. The van der Waals surface area contributed by atoms with Crippen LogP contribution in [0.25, 0.3) is 0 Å². The largest absolute Gasteiger partial charge is 0.351 e. The maximum Gasteiger partial charge on any atom is 0.246 e. The zero-order valence-electron chi connectivity index (χ0n) is 16.3. The number of rotatable bonds is 3. The van der Waals surface area contributed by atoms with E-state index in [-0.39, 0.29) is 23.4 Å². The Bertz CT molecular complexity index is 1060. The molecule has 2 fully saturated rings. The van der Waals surface area contributed by atoms with Crippen LogP contribution in [0.5, 0.6) is 0 Å². The normalized spacial score (nSPS) is 24.1. The Balaban J connectivity index is 1.34. The van der Waals surface area contributed by atoms with E-state index in [1.54, 1.807) is 18.5 Å². The molecule has 2 atom stereocenters. The van der Waals surface area contributed by atoms with Crippen molar-refractivity contribution in [1.82, 2.24) is 20.0 Å². The standard InChI is InChI=1S/C21H20FN7O/c22-16-7-15(11-24-12-16)18-1-5-27-29(18)20(30)14-2-6-28(21(9-14)3-4-21)19-8-17(10-23)25-13-26-19/h5,7-8,11-14,18H,1-4,6,9H2/t14-,18-/m0/s1. The molecule has 5 rings (SSSR count). The molecule has 0 radical (unpaired) electrons. The molecule has 8 nitrogen and oxygen atoms in total. The first-order chi connectivity index (χ1) is 14.6. The fraction of sp³-hybridized carbons (Fsp3) is 0.429. The van der Waals surface area contributed by atoms with Gasteiger partial charge in [-0.1, -0.05) is 0 Å². The lowest BCUT2D eigenvalue weighted by molar-refractivity contribution is -0.138. The summed E-state index contributed by atoms with van der Waals surface area (Å²) in [7, 11) is 0. The second kappa shape index (κ2) is 7.13. The quantitative estimate of drug-likeness (QED) is 0.778. The number of hydrazone groups is 1. The summed E-state index contributed by atoms with van der Waals surface area (Å²) in [5.74, 6) is 0.149. The highest BCUT2D eigenvalue weighted by Crippen LogP contribution is 2.52. The third kappa shape index (κ3) is 3.18. The topological polar surface area (TPSA) is 98.4 Å². The lowest BCUT2D eigenvalue weighted by Gasteiger charge is -2.41. The van der Waals surface area contributed by atoms with Crippen molar-refractivity contribution >= 4 is 17.9 Å². The number of hydrogen-bond donors (Lipinski definition) is 0. The summed E-state index contributed by atoms with van der Waals surface area (Å²) in [6.45, 7) is 0.683. The molecular weight excluding hydrogens is 385 g/mol. The van der Waals surface area contributed by atoms with Gasteiger partial charge in [-0.05, 0) is 37.3 Å². The van der Waals surface area contributed by atoms with Crippen molar-refractivity contribution in [1.29, 1.82) is 5.26 Å². The van der Waals surface area contributed by atoms with Crippen molar-refractivity contribution in [2.45, 2.75) is 43.7 Å². The van der Waals surface area contributed by atoms with E-state index in [1.807, 2.05) is 0 Å². The molecule has 2 aliphatic heterocycles. The average molecular weight is 405 g/mol. The Morgan fingerprint density at radius 3 is 2.90 bits per heavy atom. The van der Waals surface area contributed by atoms with Crippen molar-refractivity contribution in [3.63, 3.8) is 0 Å². The zero-order valence-corrected chi connectivity index (χ0v) is 16.3. The summed E-state index contributed by atoms with van der Waals surface area (Å²) < 4.78 is 13.6. The number of amides is 1. The maximum atomic E-state index is 13.6. The van der Waals surface area contributed by atoms with Crippen molar-refractivity contribution in [3.05, 3.63) is 47.9 Å². The highest BCUT2D eigenvalue weighted by Gasteiger charge is 2.54. The van der Waals surface area contributed by atoms with Crippen LogP contribution in [0.4, 0.5) is 10.2 Å². The van der Waals surface area contributed by atoms with Crippen LogP contribution in [0.2, 0.25) is 0 Å². The third-order valence-corrected chi connectivity index (χ3v) is 6.29. The van der Waals surface area contributed by atoms with Crippen LogP contribution in [0.15, 0.2) is 36.0 Å². The molecule has 2 aromatic rings. The van der Waals surface area contributed by atoms with Crippen molar-refractivity contribution in [2.24, 2.45) is 11.0 Å². The van der Waals surface area contributed by atoms with E-state index in [2.05, 4.69) is 31.0 Å². The lowest BCUT2D eigenvalue weighted by Crippen LogP contribution is -2.48. The van der Waals surface area contributed by atoms with Gasteiger partial charge in [0.1, 0.15) is 29.7 Å². The van der Waals surface area contributed by atoms with Crippen LogP contribution in [0.1, 0.15) is 49.4 Å². The number of carbonyl (C=O) groups is 1. The van der Waals surface area contributed by atoms with Gasteiger partial charge in [0.2, 0.25) is 5.91 Å². The third-order valence-electron chi connectivity index (χ3n) is 6.29. The summed E-state index contributed by atoms with van der Waals surface area (Å²) in [6, 6.07) is 4.87. The predicted octanol–water partition coefficient (Wildman–Crippen LogP) is 2.59. The fourth-order valence-corrected chi connectivity index (χ4v) is 4.64. The molecule has 30 heavy (non-hydrogen) atoms. The fourth-order valence-electron chi connectivity index (χ4n) is 4.64. The molecule has 1 amide bonds. The van der Waals surface area contributed by atoms with Gasteiger partial charge in [-0.25, -0.2) is 19.4 Å². The van der Waals surface area contributed by atoms with E-state index in [0.717, 1.165) is 31.3 Å². The van der Waals surface area contributed by atoms with Crippen LogP contribution in [0, 0.1) is 23.1 Å². The lowest BCUT2D eigenvalue weighted by atomic mass is 9.87. The molecule has 0 N–H and O–H groups in total. The Kier molecular flexibility index (Phi) is 4.42. The molecule has 1 spiro atoms. The molecule has 1 saturated carbocycles. The van der Waals surface area contributed by atoms with Gasteiger partial charge < -0.3 is 4.90 Å². The van der Waals surface area contributed by atoms with Crippen LogP contribution in [-0.4, -0.2) is 44.2 Å². The van der Waals surface area contributed by atoms with Gasteiger partial charge in [0.05, 0.1) is 12.2 Å². The number of halogens is 1. The molecule has 9 heteroatoms. The van der Waals surface area contributed by atoms with E-state index >= 15 is 0 Å². The van der Waals surface area contributed by atoms with E-state index < -0.39 is 5.82 Å². The SMILES string of the molecule is N#Cc1cc(N2CC[C@H](C(=O)N3N=CC[C@H]3c3cncc(F)c3)CC23CC3)ncn1. The number of anilines is 1. The minimum Gasteiger partial charge on any atom is -0.351 e. The molecule has 152 valence electrons. The second-order valence-electron chi connectivity index (χ2n) is 8.11. The Labute approximate surface area is 173 Å². The second-order valence-corrected chi connectivity index (χ2v) is 8.11. The van der Waals surface area contributed by atoms with Gasteiger partial charge in [0, 0.05) is 42.9 Å². The maximum absolute atomic E-state index is 13.6. The number of pyridine rings is 1. The zero-order chi connectivity index (χ0) is 20.7. The number of aromatic nitrogens is 3. The summed E-state index contributed by atoms with van der Waals surface area (Å²) in [5.41, 5.74) is 0.898. The van der Waals surface area contributed by atoms with Crippen molar-refractivity contribution in [2.75, 3.05) is 11.4 Å². The molecule has 4 heterocycles. The van der Waals surface area contributed by atoms with E-state index in [4.69, 9.17) is 5.26 Å². The van der Waals surface area contributed by atoms with E-state index in [9.17, 15) is 9.18 Å². The number of hydrogen-bond acceptors (Lipinski definition) is 7. The van der Waals surface area contributed by atoms with E-state index in [1.165, 1.54) is 17.4 Å². The number of carbonyl (C=O) groups excluding carboxylic acids is 1. The highest BCUT2D eigenvalue weighted by atomic mass is 19.1. The first-order valence-corrected chi connectivity index (χ1v) is 10.1. The van der Waals surface area contributed by atoms with Gasteiger partial charge in [-0.3, -0.25) is 9.78 Å². The molecule has 1 saturated heterocycles. The van der Waals surface area contributed by atoms with Crippen molar-refractivity contribution < 1.29 is 9.18 Å². The van der Waals surface area contributed by atoms with E-state index in [0.29, 0.717) is 30.6 Å². The van der Waals surface area contributed by atoms with Gasteiger partial charge in [-0.15, -0.1) is 0 Å². The van der Waals surface area contributed by atoms with Gasteiger partial charge in [0.25, 0.3) is 0 Å². The first kappa shape index (κ1) is 18.6. The van der Waals surface area contributed by atoms with Crippen LogP contribution < -0.4 is 4.90 Å². The minimum absolute atomic E-state index is 0.0238. The Morgan fingerprint density at radius 2 is 2.13 bits per heavy atom. The molecule has 3 aliphatic rings. The highest BCUT2D eigenvalue weighted by molar-refractivity contribution is 5.82. The summed E-state index contributed by atoms with van der Waals surface area (Å²) >= 11 is 0. The summed E-state index contributed by atoms with van der Waals surface area (Å²) in [4.78, 5) is 27.8. The minimum atomic E-state index is -0.418. The number of nitrogens with zero attached hydrogens (tertiary/aromatic N) is 7. The van der Waals surface area contributed by atoms with Crippen LogP contribution in [-0.2, 0) is 4.79 Å².